The number of halogens is 1. The van der Waals surface area contributed by atoms with Gasteiger partial charge >= 0.3 is 0 Å². The molecule has 0 aliphatic rings. The van der Waals surface area contributed by atoms with Crippen LogP contribution in [-0.4, -0.2) is 14.5 Å². The molecular weight excluding hydrogens is 296 g/mol. The Bertz CT molecular complexity index is 544. The molecule has 0 amide bonds. The molecule has 0 fully saturated rings. The average Bonchev–Trinajstić information content (AvgIpc) is 2.36. The van der Waals surface area contributed by atoms with E-state index in [1.165, 1.54) is 12.1 Å². The van der Waals surface area contributed by atoms with E-state index in [9.17, 15) is 8.42 Å². The molecule has 0 saturated heterocycles. The van der Waals surface area contributed by atoms with Crippen molar-refractivity contribution in [3.05, 3.63) is 28.8 Å². The highest BCUT2D eigenvalue weighted by Crippen LogP contribution is 2.20. The minimum atomic E-state index is -3.52. The van der Waals surface area contributed by atoms with Crippen LogP contribution >= 0.6 is 11.6 Å². The lowest BCUT2D eigenvalue weighted by Gasteiger charge is -2.16. The molecule has 0 radical (unpaired) electrons. The standard InChI is InChI=1S/C14H23ClN2O2S/c1-10(2)4-5-11(3)17-20(18,19)13-6-7-14(15)12(8-13)9-16/h6-8,10-11,17H,4-5,9,16H2,1-3H3. The Kier molecular flexibility index (Phi) is 6.45. The van der Waals surface area contributed by atoms with Crippen LogP contribution in [0.2, 0.25) is 5.02 Å². The Balaban J connectivity index is 2.83. The van der Waals surface area contributed by atoms with Crippen molar-refractivity contribution in [3.8, 4) is 0 Å². The van der Waals surface area contributed by atoms with Crippen LogP contribution in [0.3, 0.4) is 0 Å². The first-order valence-electron chi connectivity index (χ1n) is 6.77. The van der Waals surface area contributed by atoms with Crippen molar-refractivity contribution in [1.29, 1.82) is 0 Å². The highest BCUT2D eigenvalue weighted by atomic mass is 35.5. The second kappa shape index (κ2) is 7.41. The van der Waals surface area contributed by atoms with Gasteiger partial charge in [-0.05, 0) is 49.4 Å². The number of nitrogens with one attached hydrogen (secondary N) is 1. The molecule has 1 atom stereocenters. The molecular formula is C14H23ClN2O2S. The van der Waals surface area contributed by atoms with Crippen molar-refractivity contribution >= 4 is 21.6 Å². The quantitative estimate of drug-likeness (QED) is 0.812. The molecule has 6 heteroatoms. The average molecular weight is 319 g/mol. The zero-order chi connectivity index (χ0) is 15.3. The third-order valence-corrected chi connectivity index (χ3v) is 5.04. The van der Waals surface area contributed by atoms with E-state index in [1.54, 1.807) is 6.07 Å². The fourth-order valence-electron chi connectivity index (χ4n) is 1.85. The number of hydrogen-bond acceptors (Lipinski definition) is 3. The Labute approximate surface area is 126 Å². The van der Waals surface area contributed by atoms with Crippen LogP contribution in [0.5, 0.6) is 0 Å². The second-order valence-electron chi connectivity index (χ2n) is 5.45. The van der Waals surface area contributed by atoms with E-state index >= 15 is 0 Å². The maximum atomic E-state index is 12.3. The van der Waals surface area contributed by atoms with Gasteiger partial charge in [0, 0.05) is 17.6 Å². The highest BCUT2D eigenvalue weighted by Gasteiger charge is 2.18. The van der Waals surface area contributed by atoms with E-state index in [-0.39, 0.29) is 17.5 Å². The molecule has 0 aromatic heterocycles. The van der Waals surface area contributed by atoms with Gasteiger partial charge < -0.3 is 5.73 Å². The molecule has 0 aliphatic heterocycles. The van der Waals surface area contributed by atoms with Gasteiger partial charge in [0.15, 0.2) is 0 Å². The van der Waals surface area contributed by atoms with E-state index in [1.807, 2.05) is 6.92 Å². The summed E-state index contributed by atoms with van der Waals surface area (Å²) >= 11 is 5.94. The molecule has 0 saturated carbocycles. The van der Waals surface area contributed by atoms with E-state index in [4.69, 9.17) is 17.3 Å². The minimum Gasteiger partial charge on any atom is -0.326 e. The van der Waals surface area contributed by atoms with Gasteiger partial charge in [0.25, 0.3) is 0 Å². The van der Waals surface area contributed by atoms with Gasteiger partial charge in [-0.3, -0.25) is 0 Å². The summed E-state index contributed by atoms with van der Waals surface area (Å²) in [6.07, 6.45) is 1.80. The Morgan fingerprint density at radius 3 is 2.45 bits per heavy atom. The number of nitrogens with two attached hydrogens (primary N) is 1. The summed E-state index contributed by atoms with van der Waals surface area (Å²) in [4.78, 5) is 0.207. The zero-order valence-electron chi connectivity index (χ0n) is 12.2. The summed E-state index contributed by atoms with van der Waals surface area (Å²) < 4.78 is 27.2. The lowest BCUT2D eigenvalue weighted by atomic mass is 10.1. The molecule has 20 heavy (non-hydrogen) atoms. The maximum Gasteiger partial charge on any atom is 0.240 e. The summed E-state index contributed by atoms with van der Waals surface area (Å²) in [5.74, 6) is 0.557. The van der Waals surface area contributed by atoms with Gasteiger partial charge in [-0.2, -0.15) is 0 Å². The normalized spacial score (nSPS) is 13.7. The van der Waals surface area contributed by atoms with E-state index in [0.717, 1.165) is 12.8 Å². The molecule has 1 rings (SSSR count). The topological polar surface area (TPSA) is 72.2 Å². The number of sulfonamides is 1. The molecule has 1 unspecified atom stereocenters. The summed E-state index contributed by atoms with van der Waals surface area (Å²) in [5, 5.41) is 0.485. The first-order valence-corrected chi connectivity index (χ1v) is 8.63. The van der Waals surface area contributed by atoms with Crippen molar-refractivity contribution in [1.82, 2.24) is 4.72 Å². The lowest BCUT2D eigenvalue weighted by Crippen LogP contribution is -2.32. The smallest absolute Gasteiger partial charge is 0.240 e. The van der Waals surface area contributed by atoms with Crippen LogP contribution < -0.4 is 10.5 Å². The van der Waals surface area contributed by atoms with Crippen molar-refractivity contribution in [3.63, 3.8) is 0 Å². The van der Waals surface area contributed by atoms with Gasteiger partial charge in [0.05, 0.1) is 4.90 Å². The molecule has 4 nitrogen and oxygen atoms in total. The Morgan fingerprint density at radius 1 is 1.25 bits per heavy atom. The van der Waals surface area contributed by atoms with Gasteiger partial charge in [0.1, 0.15) is 0 Å². The number of hydrogen-bond donors (Lipinski definition) is 2. The van der Waals surface area contributed by atoms with Crippen molar-refractivity contribution in [2.24, 2.45) is 11.7 Å². The van der Waals surface area contributed by atoms with Crippen molar-refractivity contribution in [2.45, 2.75) is 51.1 Å². The first-order chi connectivity index (χ1) is 9.26. The van der Waals surface area contributed by atoms with Crippen LogP contribution in [0.1, 0.15) is 39.2 Å². The fraction of sp³-hybridized carbons (Fsp3) is 0.571. The summed E-state index contributed by atoms with van der Waals surface area (Å²) in [6, 6.07) is 4.50. The van der Waals surface area contributed by atoms with Gasteiger partial charge in [-0.1, -0.05) is 25.4 Å². The Hall–Kier alpha value is -0.620. The van der Waals surface area contributed by atoms with E-state index < -0.39 is 10.0 Å². The molecule has 1 aromatic rings. The van der Waals surface area contributed by atoms with E-state index in [0.29, 0.717) is 16.5 Å². The molecule has 114 valence electrons. The molecule has 0 aliphatic carbocycles. The zero-order valence-corrected chi connectivity index (χ0v) is 13.8. The second-order valence-corrected chi connectivity index (χ2v) is 7.57. The highest BCUT2D eigenvalue weighted by molar-refractivity contribution is 7.89. The van der Waals surface area contributed by atoms with Crippen LogP contribution in [0.25, 0.3) is 0 Å². The summed E-state index contributed by atoms with van der Waals surface area (Å²) in [5.41, 5.74) is 6.17. The van der Waals surface area contributed by atoms with Crippen LogP contribution in [0.15, 0.2) is 23.1 Å². The fourth-order valence-corrected chi connectivity index (χ4v) is 3.37. The summed E-state index contributed by atoms with van der Waals surface area (Å²) in [6.45, 7) is 6.33. The third kappa shape index (κ3) is 5.05. The SMILES string of the molecule is CC(C)CCC(C)NS(=O)(=O)c1ccc(Cl)c(CN)c1. The minimum absolute atomic E-state index is 0.0978. The lowest BCUT2D eigenvalue weighted by molar-refractivity contribution is 0.485. The van der Waals surface area contributed by atoms with Crippen LogP contribution in [0.4, 0.5) is 0 Å². The van der Waals surface area contributed by atoms with E-state index in [2.05, 4.69) is 18.6 Å². The maximum absolute atomic E-state index is 12.3. The first kappa shape index (κ1) is 17.4. The third-order valence-electron chi connectivity index (χ3n) is 3.08. The molecule has 0 bridgehead atoms. The molecule has 1 aromatic carbocycles. The van der Waals surface area contributed by atoms with Crippen molar-refractivity contribution < 1.29 is 8.42 Å². The Morgan fingerprint density at radius 2 is 1.90 bits per heavy atom. The van der Waals surface area contributed by atoms with Gasteiger partial charge in [-0.15, -0.1) is 0 Å². The van der Waals surface area contributed by atoms with Crippen LogP contribution in [0, 0.1) is 5.92 Å². The van der Waals surface area contributed by atoms with Crippen molar-refractivity contribution in [2.75, 3.05) is 0 Å². The predicted octanol–water partition coefficient (Wildman–Crippen LogP) is 2.90. The molecule has 3 N–H and O–H groups in total. The van der Waals surface area contributed by atoms with Gasteiger partial charge in [-0.25, -0.2) is 13.1 Å². The molecule has 0 spiro atoms. The largest absolute Gasteiger partial charge is 0.326 e. The predicted molar refractivity (Wildman–Crippen MR) is 83.2 cm³/mol. The number of rotatable bonds is 7. The number of benzene rings is 1. The van der Waals surface area contributed by atoms with Crippen LogP contribution in [-0.2, 0) is 16.6 Å². The summed E-state index contributed by atoms with van der Waals surface area (Å²) in [7, 11) is -3.52. The van der Waals surface area contributed by atoms with Gasteiger partial charge in [0.2, 0.25) is 10.0 Å². The monoisotopic (exact) mass is 318 g/mol. The molecule has 0 heterocycles.